The van der Waals surface area contributed by atoms with Crippen molar-refractivity contribution in [2.75, 3.05) is 0 Å². The van der Waals surface area contributed by atoms with Crippen LogP contribution in [-0.2, 0) is 25.7 Å². The lowest BCUT2D eigenvalue weighted by Crippen LogP contribution is -2.30. The fourth-order valence-electron chi connectivity index (χ4n) is 3.13. The first-order chi connectivity index (χ1) is 7.79. The Morgan fingerprint density at radius 2 is 1.25 bits per heavy atom. The van der Waals surface area contributed by atoms with Gasteiger partial charge in [-0.1, -0.05) is 0 Å². The molecule has 2 N–H and O–H groups in total. The van der Waals surface area contributed by atoms with Crippen LogP contribution in [0.4, 0.5) is 0 Å². The minimum Gasteiger partial charge on any atom is -0.428 e. The maximum Gasteiger partial charge on any atom is 0.0641 e. The molecule has 0 amide bonds. The second-order valence-corrected chi connectivity index (χ2v) is 4.95. The van der Waals surface area contributed by atoms with Gasteiger partial charge in [-0.3, -0.25) is 0 Å². The van der Waals surface area contributed by atoms with Gasteiger partial charge in [-0.2, -0.15) is 4.73 Å². The van der Waals surface area contributed by atoms with E-state index in [0.717, 1.165) is 79.2 Å². The highest BCUT2D eigenvalue weighted by Crippen LogP contribution is 2.24. The summed E-state index contributed by atoms with van der Waals surface area (Å²) in [6.07, 6.45) is 8.44. The number of nitrogens with zero attached hydrogens (tertiary/aromatic N) is 1. The van der Waals surface area contributed by atoms with E-state index in [1.165, 1.54) is 4.73 Å². The van der Waals surface area contributed by atoms with Crippen molar-refractivity contribution in [3.05, 3.63) is 27.9 Å². The zero-order chi connectivity index (χ0) is 11.1. The molecule has 3 nitrogen and oxygen atoms in total. The average Bonchev–Trinajstić information content (AvgIpc) is 2.36. The summed E-state index contributed by atoms with van der Waals surface area (Å²) in [6.45, 7) is 0. The zero-order valence-electron chi connectivity index (χ0n) is 9.55. The monoisotopic (exact) mass is 218 g/mol. The summed E-state index contributed by atoms with van der Waals surface area (Å²) < 4.78 is 1.42. The van der Waals surface area contributed by atoms with Crippen molar-refractivity contribution in [2.45, 2.75) is 51.4 Å². The van der Waals surface area contributed by atoms with Gasteiger partial charge in [0.2, 0.25) is 0 Å². The van der Waals surface area contributed by atoms with Gasteiger partial charge < -0.3 is 10.6 Å². The second-order valence-electron chi connectivity index (χ2n) is 4.95. The molecule has 0 bridgehead atoms. The van der Waals surface area contributed by atoms with Crippen LogP contribution >= 0.6 is 0 Å². The van der Waals surface area contributed by atoms with E-state index in [9.17, 15) is 5.21 Å². The van der Waals surface area contributed by atoms with Crippen molar-refractivity contribution >= 4 is 0 Å². The Morgan fingerprint density at radius 3 is 1.75 bits per heavy atom. The minimum absolute atomic E-state index is 0.731. The van der Waals surface area contributed by atoms with Crippen LogP contribution < -0.4 is 5.36 Å². The van der Waals surface area contributed by atoms with Gasteiger partial charge in [0.1, 0.15) is 0 Å². The van der Waals surface area contributed by atoms with Gasteiger partial charge in [0.25, 0.3) is 0 Å². The summed E-state index contributed by atoms with van der Waals surface area (Å²) in [5.74, 6) is 0. The third-order valence-electron chi connectivity index (χ3n) is 3.99. The van der Waals surface area contributed by atoms with Gasteiger partial charge in [-0.15, -0.1) is 0 Å². The molecule has 2 aliphatic carbocycles. The molecule has 0 aromatic carbocycles. The lowest BCUT2D eigenvalue weighted by molar-refractivity contribution is 0.158. The minimum atomic E-state index is 0.731. The van der Waals surface area contributed by atoms with E-state index in [0.29, 0.717) is 0 Å². The van der Waals surface area contributed by atoms with Gasteiger partial charge >= 0.3 is 0 Å². The molecule has 2 aliphatic rings. The predicted octanol–water partition coefficient (Wildman–Crippen LogP) is 1.96. The Morgan fingerprint density at radius 1 is 0.812 bits per heavy atom. The van der Waals surface area contributed by atoms with E-state index >= 15 is 0 Å². The van der Waals surface area contributed by atoms with E-state index in [2.05, 4.69) is 0 Å². The maximum absolute atomic E-state index is 10.2. The molecule has 0 spiro atoms. The van der Waals surface area contributed by atoms with Gasteiger partial charge in [0, 0.05) is 11.1 Å². The second kappa shape index (κ2) is 3.65. The quantitative estimate of drug-likeness (QED) is 0.643. The van der Waals surface area contributed by atoms with Gasteiger partial charge in [-0.05, 0) is 51.4 Å². The normalized spacial score (nSPS) is 19.0. The molecule has 0 unspecified atom stereocenters. The highest BCUT2D eigenvalue weighted by atomic mass is 16.5. The average molecular weight is 218 g/mol. The molecule has 0 aliphatic heterocycles. The van der Waals surface area contributed by atoms with Gasteiger partial charge in [0.15, 0.2) is 0 Å². The van der Waals surface area contributed by atoms with Crippen molar-refractivity contribution in [2.24, 2.45) is 0 Å². The van der Waals surface area contributed by atoms with E-state index in [1.807, 2.05) is 0 Å². The zero-order valence-corrected chi connectivity index (χ0v) is 9.55. The molecule has 0 radical (unpaired) electrons. The van der Waals surface area contributed by atoms with Gasteiger partial charge in [0.05, 0.1) is 16.7 Å². The van der Waals surface area contributed by atoms with Crippen LogP contribution in [0.5, 0.6) is 0 Å². The first kappa shape index (κ1) is 9.94. The molecule has 1 aromatic heterocycles. The maximum atomic E-state index is 10.2. The first-order valence-corrected chi connectivity index (χ1v) is 6.31. The van der Waals surface area contributed by atoms with Gasteiger partial charge in [-0.25, -0.2) is 0 Å². The molecule has 16 heavy (non-hydrogen) atoms. The van der Waals surface area contributed by atoms with Crippen molar-refractivity contribution in [3.63, 3.8) is 0 Å². The molecule has 0 saturated heterocycles. The number of nitrogens with one attached hydrogen (secondary N) is 1. The summed E-state index contributed by atoms with van der Waals surface area (Å²) in [5, 5.41) is 19.2. The smallest absolute Gasteiger partial charge is 0.0641 e. The van der Waals surface area contributed by atoms with Crippen LogP contribution in [0.15, 0.2) is 0 Å². The molecular formula is C13H18N2O. The topological polar surface area (TPSA) is 49.0 Å². The predicted molar refractivity (Wildman–Crippen MR) is 60.8 cm³/mol. The molecule has 1 heterocycles. The summed E-state index contributed by atoms with van der Waals surface area (Å²) in [7, 11) is 0. The van der Waals surface area contributed by atoms with E-state index in [4.69, 9.17) is 5.41 Å². The fraction of sp³-hybridized carbons (Fsp3) is 0.615. The van der Waals surface area contributed by atoms with Crippen LogP contribution in [0.1, 0.15) is 48.2 Å². The fourth-order valence-corrected chi connectivity index (χ4v) is 3.13. The Labute approximate surface area is 95.2 Å². The van der Waals surface area contributed by atoms with Crippen molar-refractivity contribution in [3.8, 4) is 0 Å². The summed E-state index contributed by atoms with van der Waals surface area (Å²) >= 11 is 0. The Hall–Kier alpha value is -1.25. The molecule has 3 rings (SSSR count). The molecule has 0 atom stereocenters. The van der Waals surface area contributed by atoms with E-state index in [-0.39, 0.29) is 0 Å². The van der Waals surface area contributed by atoms with Crippen LogP contribution in [0.2, 0.25) is 0 Å². The number of hydrogen-bond acceptors (Lipinski definition) is 2. The number of pyridine rings is 1. The van der Waals surface area contributed by atoms with Crippen molar-refractivity contribution in [1.82, 2.24) is 4.73 Å². The van der Waals surface area contributed by atoms with Crippen molar-refractivity contribution in [1.29, 1.82) is 5.41 Å². The Bertz CT molecular complexity index is 447. The molecule has 3 heteroatoms. The number of rotatable bonds is 0. The van der Waals surface area contributed by atoms with Crippen LogP contribution in [-0.4, -0.2) is 9.94 Å². The molecular weight excluding hydrogens is 200 g/mol. The molecule has 0 saturated carbocycles. The first-order valence-electron chi connectivity index (χ1n) is 6.31. The molecule has 1 aromatic rings. The summed E-state index contributed by atoms with van der Waals surface area (Å²) in [5.41, 5.74) is 4.23. The van der Waals surface area contributed by atoms with E-state index < -0.39 is 0 Å². The lowest BCUT2D eigenvalue weighted by atomic mass is 9.88. The summed E-state index contributed by atoms with van der Waals surface area (Å²) in [4.78, 5) is 0. The largest absolute Gasteiger partial charge is 0.428 e. The SMILES string of the molecule is N=c1c2c(n(O)c3c1CCCC3)CCCC2. The number of aromatic nitrogens is 1. The van der Waals surface area contributed by atoms with Crippen LogP contribution in [0.3, 0.4) is 0 Å². The van der Waals surface area contributed by atoms with Crippen LogP contribution in [0, 0.1) is 5.41 Å². The third kappa shape index (κ3) is 1.30. The molecule has 86 valence electrons. The summed E-state index contributed by atoms with van der Waals surface area (Å²) in [6, 6.07) is 0. The lowest BCUT2D eigenvalue weighted by Gasteiger charge is -2.26. The Kier molecular flexibility index (Phi) is 2.27. The standard InChI is InChI=1S/C13H18N2O/c14-13-9-5-1-3-7-11(9)15(16)12-8-4-2-6-10(12)13/h14,16H,1-8H2. The highest BCUT2D eigenvalue weighted by Gasteiger charge is 2.22. The molecule has 0 fully saturated rings. The number of hydrogen-bond donors (Lipinski definition) is 2. The van der Waals surface area contributed by atoms with E-state index in [1.54, 1.807) is 0 Å². The highest BCUT2D eigenvalue weighted by molar-refractivity contribution is 5.33. The third-order valence-corrected chi connectivity index (χ3v) is 3.99. The Balaban J connectivity index is 2.29. The van der Waals surface area contributed by atoms with Crippen molar-refractivity contribution < 1.29 is 5.21 Å². The van der Waals surface area contributed by atoms with Crippen LogP contribution in [0.25, 0.3) is 0 Å². The number of fused-ring (bicyclic) bond motifs is 2.